The lowest BCUT2D eigenvalue weighted by Gasteiger charge is -2.15. The van der Waals surface area contributed by atoms with Crippen LogP contribution in [0, 0.1) is 0 Å². The van der Waals surface area contributed by atoms with E-state index in [9.17, 15) is 9.59 Å². The molecule has 0 bridgehead atoms. The third-order valence-corrected chi connectivity index (χ3v) is 4.47. The molecule has 0 radical (unpaired) electrons. The summed E-state index contributed by atoms with van der Waals surface area (Å²) in [6.07, 6.45) is 3.24. The van der Waals surface area contributed by atoms with E-state index in [4.69, 9.17) is 4.42 Å². The molecule has 6 nitrogen and oxygen atoms in total. The van der Waals surface area contributed by atoms with Crippen molar-refractivity contribution in [3.8, 4) is 0 Å². The highest BCUT2D eigenvalue weighted by Gasteiger charge is 2.10. The van der Waals surface area contributed by atoms with E-state index in [1.165, 1.54) is 11.8 Å². The number of anilines is 1. The summed E-state index contributed by atoms with van der Waals surface area (Å²) in [5.74, 6) is -0.0671. The molecule has 3 rings (SSSR count). The maximum Gasteiger partial charge on any atom is 0.315 e. The Labute approximate surface area is 170 Å². The first-order valence-electron chi connectivity index (χ1n) is 9.62. The van der Waals surface area contributed by atoms with Crippen LogP contribution in [0.4, 0.5) is 10.5 Å². The van der Waals surface area contributed by atoms with Crippen LogP contribution < -0.4 is 16.0 Å². The Kier molecular flexibility index (Phi) is 7.05. The maximum absolute atomic E-state index is 12.2. The first kappa shape index (κ1) is 20.2. The van der Waals surface area contributed by atoms with Gasteiger partial charge in [0.1, 0.15) is 0 Å². The number of furan rings is 1. The van der Waals surface area contributed by atoms with Crippen LogP contribution in [0.15, 0.2) is 77.4 Å². The number of benzene rings is 2. The van der Waals surface area contributed by atoms with Crippen LogP contribution in [-0.4, -0.2) is 18.0 Å². The van der Waals surface area contributed by atoms with Crippen molar-refractivity contribution in [1.82, 2.24) is 10.6 Å². The molecule has 0 aliphatic rings. The summed E-state index contributed by atoms with van der Waals surface area (Å²) in [4.78, 5) is 24.2. The summed E-state index contributed by atoms with van der Waals surface area (Å²) in [5, 5.41) is 8.58. The van der Waals surface area contributed by atoms with Crippen LogP contribution >= 0.6 is 0 Å². The highest BCUT2D eigenvalue weighted by atomic mass is 16.3. The topological polar surface area (TPSA) is 83.4 Å². The van der Waals surface area contributed by atoms with Crippen molar-refractivity contribution in [3.05, 3.63) is 89.9 Å². The van der Waals surface area contributed by atoms with Gasteiger partial charge in [-0.2, -0.15) is 0 Å². The van der Waals surface area contributed by atoms with Gasteiger partial charge in [0.05, 0.1) is 6.26 Å². The minimum Gasteiger partial charge on any atom is -0.459 e. The molecule has 1 atom stereocenters. The first-order valence-corrected chi connectivity index (χ1v) is 9.62. The number of rotatable bonds is 8. The van der Waals surface area contributed by atoms with Crippen LogP contribution in [0.3, 0.4) is 0 Å². The van der Waals surface area contributed by atoms with E-state index in [2.05, 4.69) is 28.1 Å². The predicted molar refractivity (Wildman–Crippen MR) is 113 cm³/mol. The molecular formula is C23H25N3O3. The smallest absolute Gasteiger partial charge is 0.315 e. The molecule has 29 heavy (non-hydrogen) atoms. The van der Waals surface area contributed by atoms with Crippen molar-refractivity contribution in [3.63, 3.8) is 0 Å². The van der Waals surface area contributed by atoms with Crippen molar-refractivity contribution in [1.29, 1.82) is 0 Å². The molecule has 0 spiro atoms. The monoisotopic (exact) mass is 391 g/mol. The zero-order valence-electron chi connectivity index (χ0n) is 16.4. The summed E-state index contributed by atoms with van der Waals surface area (Å²) in [6.45, 7) is 2.36. The Morgan fingerprint density at radius 2 is 1.76 bits per heavy atom. The number of amides is 3. The van der Waals surface area contributed by atoms with E-state index < -0.39 is 0 Å². The van der Waals surface area contributed by atoms with Crippen molar-refractivity contribution >= 4 is 17.6 Å². The van der Waals surface area contributed by atoms with E-state index in [0.717, 1.165) is 18.4 Å². The lowest BCUT2D eigenvalue weighted by molar-refractivity contribution is 0.0996. The van der Waals surface area contributed by atoms with Gasteiger partial charge in [0.2, 0.25) is 0 Å². The van der Waals surface area contributed by atoms with Gasteiger partial charge in [-0.1, -0.05) is 42.5 Å². The largest absolute Gasteiger partial charge is 0.459 e. The number of carbonyl (C=O) groups excluding carboxylic acids is 2. The minimum absolute atomic E-state index is 0.0640. The van der Waals surface area contributed by atoms with Crippen LogP contribution in [0.1, 0.15) is 35.0 Å². The maximum atomic E-state index is 12.2. The average Bonchev–Trinajstić information content (AvgIpc) is 3.27. The summed E-state index contributed by atoms with van der Waals surface area (Å²) >= 11 is 0. The normalized spacial score (nSPS) is 11.5. The molecule has 0 fully saturated rings. The fourth-order valence-electron chi connectivity index (χ4n) is 2.92. The predicted octanol–water partition coefficient (Wildman–Crippen LogP) is 4.35. The Morgan fingerprint density at radius 3 is 2.52 bits per heavy atom. The fraction of sp³-hybridized carbons (Fsp3) is 0.217. The van der Waals surface area contributed by atoms with Gasteiger partial charge in [-0.05, 0) is 55.2 Å². The number of nitrogens with one attached hydrogen (secondary N) is 3. The number of hydrogen-bond donors (Lipinski definition) is 3. The van der Waals surface area contributed by atoms with Gasteiger partial charge in [0.25, 0.3) is 5.91 Å². The molecule has 1 unspecified atom stereocenters. The molecule has 2 aromatic carbocycles. The third-order valence-electron chi connectivity index (χ3n) is 4.47. The van der Waals surface area contributed by atoms with Gasteiger partial charge in [0, 0.05) is 18.3 Å². The molecule has 0 aliphatic carbocycles. The summed E-state index contributed by atoms with van der Waals surface area (Å²) in [6, 6.07) is 20.7. The van der Waals surface area contributed by atoms with Gasteiger partial charge in [-0.3, -0.25) is 4.79 Å². The van der Waals surface area contributed by atoms with Gasteiger partial charge in [0.15, 0.2) is 5.76 Å². The SMILES string of the molecule is CC(CCc1ccccc1)NC(=O)NCc1cccc(NC(=O)c2ccco2)c1. The molecule has 3 amide bonds. The first-order chi connectivity index (χ1) is 14.1. The molecule has 0 aliphatic heterocycles. The number of urea groups is 1. The Morgan fingerprint density at radius 1 is 0.966 bits per heavy atom. The van der Waals surface area contributed by atoms with Crippen molar-refractivity contribution < 1.29 is 14.0 Å². The summed E-state index contributed by atoms with van der Waals surface area (Å²) in [5.41, 5.74) is 2.78. The second-order valence-electron chi connectivity index (χ2n) is 6.88. The second-order valence-corrected chi connectivity index (χ2v) is 6.88. The summed E-state index contributed by atoms with van der Waals surface area (Å²) in [7, 11) is 0. The molecule has 0 saturated heterocycles. The van der Waals surface area contributed by atoms with E-state index >= 15 is 0 Å². The standard InChI is InChI=1S/C23H25N3O3/c1-17(12-13-18-7-3-2-4-8-18)25-23(28)24-16-19-9-5-10-20(15-19)26-22(27)21-11-6-14-29-21/h2-11,14-15,17H,12-13,16H2,1H3,(H,26,27)(H2,24,25,28). The van der Waals surface area contributed by atoms with E-state index in [1.807, 2.05) is 43.3 Å². The molecule has 3 aromatic rings. The van der Waals surface area contributed by atoms with Crippen molar-refractivity contribution in [2.24, 2.45) is 0 Å². The molecule has 1 heterocycles. The fourth-order valence-corrected chi connectivity index (χ4v) is 2.92. The molecule has 150 valence electrons. The molecular weight excluding hydrogens is 366 g/mol. The second kappa shape index (κ2) is 10.1. The van der Waals surface area contributed by atoms with E-state index in [0.29, 0.717) is 12.2 Å². The van der Waals surface area contributed by atoms with Crippen LogP contribution in [0.5, 0.6) is 0 Å². The van der Waals surface area contributed by atoms with Gasteiger partial charge >= 0.3 is 6.03 Å². The van der Waals surface area contributed by atoms with Gasteiger partial charge < -0.3 is 20.4 Å². The third kappa shape index (κ3) is 6.53. The number of hydrogen-bond acceptors (Lipinski definition) is 3. The quantitative estimate of drug-likeness (QED) is 0.534. The Bertz CT molecular complexity index is 924. The molecule has 6 heteroatoms. The highest BCUT2D eigenvalue weighted by molar-refractivity contribution is 6.02. The molecule has 3 N–H and O–H groups in total. The number of carbonyl (C=O) groups is 2. The lowest BCUT2D eigenvalue weighted by atomic mass is 10.1. The van der Waals surface area contributed by atoms with Crippen molar-refractivity contribution in [2.75, 3.05) is 5.32 Å². The zero-order valence-corrected chi connectivity index (χ0v) is 16.4. The minimum atomic E-state index is -0.315. The van der Waals surface area contributed by atoms with Crippen molar-refractivity contribution in [2.45, 2.75) is 32.4 Å². The van der Waals surface area contributed by atoms with Gasteiger partial charge in [-0.15, -0.1) is 0 Å². The average molecular weight is 391 g/mol. The Balaban J connectivity index is 1.43. The molecule has 1 aromatic heterocycles. The van der Waals surface area contributed by atoms with E-state index in [-0.39, 0.29) is 23.7 Å². The van der Waals surface area contributed by atoms with E-state index in [1.54, 1.807) is 18.2 Å². The van der Waals surface area contributed by atoms with Crippen LogP contribution in [0.25, 0.3) is 0 Å². The molecule has 0 saturated carbocycles. The Hall–Kier alpha value is -3.54. The highest BCUT2D eigenvalue weighted by Crippen LogP contribution is 2.13. The van der Waals surface area contributed by atoms with Crippen LogP contribution in [-0.2, 0) is 13.0 Å². The summed E-state index contributed by atoms with van der Waals surface area (Å²) < 4.78 is 5.08. The lowest BCUT2D eigenvalue weighted by Crippen LogP contribution is -2.40. The number of aryl methyl sites for hydroxylation is 1. The van der Waals surface area contributed by atoms with Crippen LogP contribution in [0.2, 0.25) is 0 Å². The zero-order chi connectivity index (χ0) is 20.5. The van der Waals surface area contributed by atoms with Gasteiger partial charge in [-0.25, -0.2) is 4.79 Å².